The van der Waals surface area contributed by atoms with Crippen LogP contribution in [0.4, 0.5) is 4.79 Å². The second-order valence-corrected chi connectivity index (χ2v) is 5.16. The molecule has 0 aromatic carbocycles. The number of nitrogens with one attached hydrogen (secondary N) is 2. The van der Waals surface area contributed by atoms with Gasteiger partial charge in [0, 0.05) is 13.6 Å². The number of aliphatic carboxylic acids is 1. The maximum absolute atomic E-state index is 11.7. The van der Waals surface area contributed by atoms with Crippen molar-refractivity contribution in [2.45, 2.75) is 32.2 Å². The van der Waals surface area contributed by atoms with Crippen LogP contribution in [0, 0.1) is 5.41 Å². The van der Waals surface area contributed by atoms with Gasteiger partial charge in [-0.25, -0.2) is 9.78 Å². The fourth-order valence-corrected chi connectivity index (χ4v) is 2.45. The summed E-state index contributed by atoms with van der Waals surface area (Å²) in [5.74, 6) is -0.321. The molecular weight excluding hydrogens is 262 g/mol. The molecule has 2 amide bonds. The standard InChI is InChI=1S/C12H19N5O3/c1-17-8-15-9(16-17)6-13-11(20)14-7-12(10(18)19)4-2-3-5-12/h8H,2-7H2,1H3,(H,18,19)(H2,13,14,20). The van der Waals surface area contributed by atoms with Gasteiger partial charge >= 0.3 is 12.0 Å². The molecule has 0 radical (unpaired) electrons. The Morgan fingerprint density at radius 3 is 2.65 bits per heavy atom. The Kier molecular flexibility index (Phi) is 4.21. The van der Waals surface area contributed by atoms with E-state index in [9.17, 15) is 14.7 Å². The number of carbonyl (C=O) groups excluding carboxylic acids is 1. The van der Waals surface area contributed by atoms with Crippen LogP contribution in [0.25, 0.3) is 0 Å². The fraction of sp³-hybridized carbons (Fsp3) is 0.667. The molecule has 110 valence electrons. The van der Waals surface area contributed by atoms with E-state index in [4.69, 9.17) is 0 Å². The zero-order valence-electron chi connectivity index (χ0n) is 11.4. The van der Waals surface area contributed by atoms with Crippen LogP contribution in [0.1, 0.15) is 31.5 Å². The molecule has 0 unspecified atom stereocenters. The Morgan fingerprint density at radius 1 is 1.40 bits per heavy atom. The van der Waals surface area contributed by atoms with Crippen LogP contribution in [-0.2, 0) is 18.4 Å². The lowest BCUT2D eigenvalue weighted by Gasteiger charge is -2.23. The van der Waals surface area contributed by atoms with Gasteiger partial charge in [0.05, 0.1) is 12.0 Å². The number of nitrogens with zero attached hydrogens (tertiary/aromatic N) is 3. The molecule has 0 aliphatic heterocycles. The largest absolute Gasteiger partial charge is 0.481 e. The first-order chi connectivity index (χ1) is 9.52. The summed E-state index contributed by atoms with van der Waals surface area (Å²) in [5, 5.41) is 18.6. The van der Waals surface area contributed by atoms with E-state index in [0.717, 1.165) is 12.8 Å². The molecule has 1 aromatic rings. The third-order valence-electron chi connectivity index (χ3n) is 3.66. The highest BCUT2D eigenvalue weighted by Gasteiger charge is 2.41. The van der Waals surface area contributed by atoms with E-state index >= 15 is 0 Å². The van der Waals surface area contributed by atoms with Crippen LogP contribution < -0.4 is 10.6 Å². The zero-order chi connectivity index (χ0) is 14.6. The molecule has 1 fully saturated rings. The second kappa shape index (κ2) is 5.89. The molecule has 8 heteroatoms. The molecule has 0 atom stereocenters. The molecule has 1 aliphatic carbocycles. The maximum Gasteiger partial charge on any atom is 0.315 e. The third kappa shape index (κ3) is 3.25. The first kappa shape index (κ1) is 14.3. The zero-order valence-corrected chi connectivity index (χ0v) is 11.4. The minimum absolute atomic E-state index is 0.157. The predicted molar refractivity (Wildman–Crippen MR) is 69.8 cm³/mol. The minimum Gasteiger partial charge on any atom is -0.481 e. The molecule has 0 spiro atoms. The van der Waals surface area contributed by atoms with Gasteiger partial charge in [-0.3, -0.25) is 9.48 Å². The van der Waals surface area contributed by atoms with Crippen LogP contribution in [0.5, 0.6) is 0 Å². The van der Waals surface area contributed by atoms with Gasteiger partial charge in [-0.05, 0) is 12.8 Å². The number of carboxylic acid groups (broad SMARTS) is 1. The lowest BCUT2D eigenvalue weighted by Crippen LogP contribution is -2.44. The summed E-state index contributed by atoms with van der Waals surface area (Å²) in [6, 6.07) is -0.398. The number of hydrogen-bond acceptors (Lipinski definition) is 4. The van der Waals surface area contributed by atoms with Crippen molar-refractivity contribution < 1.29 is 14.7 Å². The quantitative estimate of drug-likeness (QED) is 0.717. The summed E-state index contributed by atoms with van der Waals surface area (Å²) in [4.78, 5) is 27.0. The molecule has 1 saturated carbocycles. The Bertz CT molecular complexity index is 493. The smallest absolute Gasteiger partial charge is 0.315 e. The Balaban J connectivity index is 1.78. The first-order valence-corrected chi connectivity index (χ1v) is 6.61. The summed E-state index contributed by atoms with van der Waals surface area (Å²) in [6.07, 6.45) is 4.57. The van der Waals surface area contributed by atoms with Gasteiger partial charge in [-0.2, -0.15) is 5.10 Å². The topological polar surface area (TPSA) is 109 Å². The Hall–Kier alpha value is -2.12. The van der Waals surface area contributed by atoms with E-state index in [0.29, 0.717) is 18.7 Å². The second-order valence-electron chi connectivity index (χ2n) is 5.16. The van der Waals surface area contributed by atoms with Gasteiger partial charge in [0.25, 0.3) is 0 Å². The average Bonchev–Trinajstić information content (AvgIpc) is 3.03. The Labute approximate surface area is 116 Å². The van der Waals surface area contributed by atoms with Crippen molar-refractivity contribution in [2.24, 2.45) is 12.5 Å². The van der Waals surface area contributed by atoms with Gasteiger partial charge < -0.3 is 15.7 Å². The highest BCUT2D eigenvalue weighted by atomic mass is 16.4. The molecule has 3 N–H and O–H groups in total. The van der Waals surface area contributed by atoms with Crippen molar-refractivity contribution in [3.05, 3.63) is 12.2 Å². The van der Waals surface area contributed by atoms with Crippen molar-refractivity contribution in [3.63, 3.8) is 0 Å². The number of rotatable bonds is 5. The van der Waals surface area contributed by atoms with Gasteiger partial charge in [0.1, 0.15) is 6.33 Å². The van der Waals surface area contributed by atoms with Crippen molar-refractivity contribution in [1.82, 2.24) is 25.4 Å². The minimum atomic E-state index is -0.832. The van der Waals surface area contributed by atoms with E-state index < -0.39 is 17.4 Å². The van der Waals surface area contributed by atoms with Crippen LogP contribution in [0.15, 0.2) is 6.33 Å². The number of aromatic nitrogens is 3. The number of carboxylic acids is 1. The van der Waals surface area contributed by atoms with Crippen molar-refractivity contribution >= 4 is 12.0 Å². The molecule has 0 saturated heterocycles. The van der Waals surface area contributed by atoms with E-state index in [1.54, 1.807) is 18.1 Å². The van der Waals surface area contributed by atoms with Gasteiger partial charge in [0.2, 0.25) is 0 Å². The Morgan fingerprint density at radius 2 is 2.10 bits per heavy atom. The first-order valence-electron chi connectivity index (χ1n) is 6.61. The van der Waals surface area contributed by atoms with E-state index in [1.165, 1.54) is 0 Å². The van der Waals surface area contributed by atoms with Crippen LogP contribution in [-0.4, -0.2) is 38.4 Å². The maximum atomic E-state index is 11.7. The highest BCUT2D eigenvalue weighted by molar-refractivity contribution is 5.78. The third-order valence-corrected chi connectivity index (χ3v) is 3.66. The van der Waals surface area contributed by atoms with Gasteiger partial charge in [-0.15, -0.1) is 0 Å². The van der Waals surface area contributed by atoms with Crippen molar-refractivity contribution in [3.8, 4) is 0 Å². The number of carbonyl (C=O) groups is 2. The highest BCUT2D eigenvalue weighted by Crippen LogP contribution is 2.37. The summed E-state index contributed by atoms with van der Waals surface area (Å²) in [7, 11) is 1.74. The van der Waals surface area contributed by atoms with E-state index in [2.05, 4.69) is 20.7 Å². The monoisotopic (exact) mass is 281 g/mol. The number of hydrogen-bond donors (Lipinski definition) is 3. The number of amides is 2. The molecule has 1 heterocycles. The lowest BCUT2D eigenvalue weighted by atomic mass is 9.86. The number of aryl methyl sites for hydroxylation is 1. The normalized spacial score (nSPS) is 16.9. The van der Waals surface area contributed by atoms with Crippen molar-refractivity contribution in [1.29, 1.82) is 0 Å². The molecule has 0 bridgehead atoms. The van der Waals surface area contributed by atoms with Crippen LogP contribution >= 0.6 is 0 Å². The molecule has 8 nitrogen and oxygen atoms in total. The van der Waals surface area contributed by atoms with Crippen molar-refractivity contribution in [2.75, 3.05) is 6.54 Å². The predicted octanol–water partition coefficient (Wildman–Crippen LogP) is 0.259. The number of urea groups is 1. The summed E-state index contributed by atoms with van der Waals surface area (Å²) < 4.78 is 1.55. The van der Waals surface area contributed by atoms with Crippen LogP contribution in [0.3, 0.4) is 0 Å². The molecule has 20 heavy (non-hydrogen) atoms. The van der Waals surface area contributed by atoms with Gasteiger partial charge in [-0.1, -0.05) is 12.8 Å². The molecular formula is C12H19N5O3. The lowest BCUT2D eigenvalue weighted by molar-refractivity contribution is -0.148. The van der Waals surface area contributed by atoms with E-state index in [1.807, 2.05) is 0 Å². The molecule has 1 aromatic heterocycles. The average molecular weight is 281 g/mol. The molecule has 1 aliphatic rings. The summed E-state index contributed by atoms with van der Waals surface area (Å²) in [5.41, 5.74) is -0.805. The fourth-order valence-electron chi connectivity index (χ4n) is 2.45. The SMILES string of the molecule is Cn1cnc(CNC(=O)NCC2(C(=O)O)CCCC2)n1. The van der Waals surface area contributed by atoms with Gasteiger partial charge in [0.15, 0.2) is 5.82 Å². The summed E-state index contributed by atoms with van der Waals surface area (Å²) in [6.45, 7) is 0.372. The molecule has 2 rings (SSSR count). The van der Waals surface area contributed by atoms with E-state index in [-0.39, 0.29) is 13.1 Å². The van der Waals surface area contributed by atoms with Crippen LogP contribution in [0.2, 0.25) is 0 Å². The summed E-state index contributed by atoms with van der Waals surface area (Å²) >= 11 is 0.